The van der Waals surface area contributed by atoms with Gasteiger partial charge in [-0.15, -0.1) is 0 Å². The van der Waals surface area contributed by atoms with Gasteiger partial charge < -0.3 is 5.32 Å². The Hall–Kier alpha value is -0.830. The van der Waals surface area contributed by atoms with E-state index >= 15 is 0 Å². The van der Waals surface area contributed by atoms with Gasteiger partial charge in [0.15, 0.2) is 0 Å². The number of rotatable bonds is 7. The molecule has 0 radical (unpaired) electrons. The average molecular weight is 275 g/mol. The number of aryl methyl sites for hydroxylation is 2. The van der Waals surface area contributed by atoms with Crippen LogP contribution in [-0.4, -0.2) is 22.9 Å². The maximum absolute atomic E-state index is 4.29. The van der Waals surface area contributed by atoms with Crippen molar-refractivity contribution in [2.45, 2.75) is 46.0 Å². The highest BCUT2D eigenvalue weighted by Gasteiger charge is 2.52. The van der Waals surface area contributed by atoms with Gasteiger partial charge in [-0.2, -0.15) is 5.10 Å². The lowest BCUT2D eigenvalue weighted by atomic mass is 9.78. The first-order valence-corrected chi connectivity index (χ1v) is 8.25. The summed E-state index contributed by atoms with van der Waals surface area (Å²) in [5, 5.41) is 8.02. The fourth-order valence-electron chi connectivity index (χ4n) is 4.08. The van der Waals surface area contributed by atoms with Gasteiger partial charge in [-0.1, -0.05) is 13.8 Å². The molecule has 2 aliphatic rings. The van der Waals surface area contributed by atoms with Gasteiger partial charge in [0.2, 0.25) is 0 Å². The van der Waals surface area contributed by atoms with E-state index in [9.17, 15) is 0 Å². The minimum atomic E-state index is 0.568. The third-order valence-corrected chi connectivity index (χ3v) is 5.21. The molecule has 0 amide bonds. The second-order valence-electron chi connectivity index (χ2n) is 7.71. The molecule has 1 aromatic rings. The Kier molecular flexibility index (Phi) is 3.89. The summed E-state index contributed by atoms with van der Waals surface area (Å²) in [7, 11) is 2.01. The molecule has 2 saturated carbocycles. The van der Waals surface area contributed by atoms with Crippen LogP contribution in [0.1, 0.15) is 45.1 Å². The van der Waals surface area contributed by atoms with Gasteiger partial charge in [-0.3, -0.25) is 4.68 Å². The summed E-state index contributed by atoms with van der Waals surface area (Å²) in [6.45, 7) is 6.96. The summed E-state index contributed by atoms with van der Waals surface area (Å²) in [6, 6.07) is 0. The van der Waals surface area contributed by atoms with Gasteiger partial charge in [0.05, 0.1) is 6.20 Å². The lowest BCUT2D eigenvalue weighted by molar-refractivity contribution is 0.227. The maximum Gasteiger partial charge on any atom is 0.0521 e. The van der Waals surface area contributed by atoms with E-state index in [-0.39, 0.29) is 0 Å². The molecule has 112 valence electrons. The molecule has 3 nitrogen and oxygen atoms in total. The van der Waals surface area contributed by atoms with E-state index in [1.807, 2.05) is 17.9 Å². The number of nitrogens with zero attached hydrogens (tertiary/aromatic N) is 2. The lowest BCUT2D eigenvalue weighted by Crippen LogP contribution is -2.35. The Morgan fingerprint density at radius 2 is 2.15 bits per heavy atom. The molecule has 20 heavy (non-hydrogen) atoms. The summed E-state index contributed by atoms with van der Waals surface area (Å²) in [4.78, 5) is 0. The first kappa shape index (κ1) is 14.1. The Morgan fingerprint density at radius 1 is 1.40 bits per heavy atom. The zero-order valence-electron chi connectivity index (χ0n) is 13.2. The Balaban J connectivity index is 1.55. The van der Waals surface area contributed by atoms with Crippen LogP contribution in [0.4, 0.5) is 0 Å². The second kappa shape index (κ2) is 5.51. The third kappa shape index (κ3) is 3.25. The molecule has 0 saturated heterocycles. The molecule has 0 aromatic carbocycles. The van der Waals surface area contributed by atoms with Crippen LogP contribution >= 0.6 is 0 Å². The highest BCUT2D eigenvalue weighted by Crippen LogP contribution is 2.61. The van der Waals surface area contributed by atoms with Crippen molar-refractivity contribution < 1.29 is 0 Å². The highest BCUT2D eigenvalue weighted by molar-refractivity contribution is 5.08. The SMILES string of the molecule is CC(C)CNCC1(CCc2cnn(C)c2)CC2CC2C1. The first-order chi connectivity index (χ1) is 9.56. The van der Waals surface area contributed by atoms with E-state index in [1.165, 1.54) is 44.2 Å². The van der Waals surface area contributed by atoms with E-state index < -0.39 is 0 Å². The van der Waals surface area contributed by atoms with Crippen molar-refractivity contribution in [1.29, 1.82) is 0 Å². The molecule has 1 heterocycles. The smallest absolute Gasteiger partial charge is 0.0521 e. The molecule has 0 bridgehead atoms. The molecule has 2 unspecified atom stereocenters. The van der Waals surface area contributed by atoms with Crippen LogP contribution in [0.3, 0.4) is 0 Å². The van der Waals surface area contributed by atoms with Crippen LogP contribution < -0.4 is 5.32 Å². The molecular formula is C17H29N3. The summed E-state index contributed by atoms with van der Waals surface area (Å²) in [5.74, 6) is 2.87. The lowest BCUT2D eigenvalue weighted by Gasteiger charge is -2.32. The number of nitrogens with one attached hydrogen (secondary N) is 1. The highest BCUT2D eigenvalue weighted by atomic mass is 15.2. The number of aromatic nitrogens is 2. The monoisotopic (exact) mass is 275 g/mol. The normalized spacial score (nSPS) is 31.8. The number of fused-ring (bicyclic) bond motifs is 1. The second-order valence-corrected chi connectivity index (χ2v) is 7.71. The zero-order chi connectivity index (χ0) is 14.2. The van der Waals surface area contributed by atoms with Gasteiger partial charge in [0.25, 0.3) is 0 Å². The van der Waals surface area contributed by atoms with Crippen molar-refractivity contribution in [3.8, 4) is 0 Å². The molecule has 2 aliphatic carbocycles. The van der Waals surface area contributed by atoms with Crippen molar-refractivity contribution in [2.75, 3.05) is 13.1 Å². The molecule has 3 rings (SSSR count). The molecule has 0 spiro atoms. The Bertz CT molecular complexity index is 439. The van der Waals surface area contributed by atoms with E-state index in [2.05, 4.69) is 30.5 Å². The average Bonchev–Trinajstić information content (AvgIpc) is 2.83. The van der Waals surface area contributed by atoms with Gasteiger partial charge >= 0.3 is 0 Å². The summed E-state index contributed by atoms with van der Waals surface area (Å²) < 4.78 is 1.92. The molecule has 0 aliphatic heterocycles. The van der Waals surface area contributed by atoms with Crippen molar-refractivity contribution in [3.05, 3.63) is 18.0 Å². The van der Waals surface area contributed by atoms with Crippen molar-refractivity contribution >= 4 is 0 Å². The Morgan fingerprint density at radius 3 is 2.75 bits per heavy atom. The van der Waals surface area contributed by atoms with Crippen molar-refractivity contribution in [3.63, 3.8) is 0 Å². The van der Waals surface area contributed by atoms with Crippen LogP contribution in [0.2, 0.25) is 0 Å². The standard InChI is InChI=1S/C17H29N3/c1-13(2)9-18-12-17(7-15-6-16(15)8-17)5-4-14-10-19-20(3)11-14/h10-11,13,15-16,18H,4-9,12H2,1-3H3. The van der Waals surface area contributed by atoms with E-state index in [0.29, 0.717) is 5.41 Å². The van der Waals surface area contributed by atoms with Gasteiger partial charge in [-0.25, -0.2) is 0 Å². The topological polar surface area (TPSA) is 29.9 Å². The third-order valence-electron chi connectivity index (χ3n) is 5.21. The van der Waals surface area contributed by atoms with Crippen LogP contribution in [-0.2, 0) is 13.5 Å². The predicted molar refractivity (Wildman–Crippen MR) is 82.5 cm³/mol. The predicted octanol–water partition coefficient (Wildman–Crippen LogP) is 3.01. The van der Waals surface area contributed by atoms with Crippen LogP contribution in [0.15, 0.2) is 12.4 Å². The van der Waals surface area contributed by atoms with Crippen LogP contribution in [0, 0.1) is 23.2 Å². The maximum atomic E-state index is 4.29. The largest absolute Gasteiger partial charge is 0.316 e. The quantitative estimate of drug-likeness (QED) is 0.829. The number of hydrogen-bond donors (Lipinski definition) is 1. The van der Waals surface area contributed by atoms with E-state index in [1.54, 1.807) is 0 Å². The minimum Gasteiger partial charge on any atom is -0.316 e. The fraction of sp³-hybridized carbons (Fsp3) is 0.824. The fourth-order valence-corrected chi connectivity index (χ4v) is 4.08. The van der Waals surface area contributed by atoms with Crippen LogP contribution in [0.25, 0.3) is 0 Å². The van der Waals surface area contributed by atoms with Crippen LogP contribution in [0.5, 0.6) is 0 Å². The van der Waals surface area contributed by atoms with Gasteiger partial charge in [0, 0.05) is 19.8 Å². The molecule has 1 N–H and O–H groups in total. The zero-order valence-corrected chi connectivity index (χ0v) is 13.2. The van der Waals surface area contributed by atoms with Gasteiger partial charge in [0.1, 0.15) is 0 Å². The molecular weight excluding hydrogens is 246 g/mol. The minimum absolute atomic E-state index is 0.568. The summed E-state index contributed by atoms with van der Waals surface area (Å²) in [6.07, 6.45) is 11.2. The molecule has 1 aromatic heterocycles. The van der Waals surface area contributed by atoms with Crippen molar-refractivity contribution in [1.82, 2.24) is 15.1 Å². The van der Waals surface area contributed by atoms with E-state index in [4.69, 9.17) is 0 Å². The summed E-state index contributed by atoms with van der Waals surface area (Å²) >= 11 is 0. The summed E-state index contributed by atoms with van der Waals surface area (Å²) in [5.41, 5.74) is 1.97. The van der Waals surface area contributed by atoms with Gasteiger partial charge in [-0.05, 0) is 67.4 Å². The van der Waals surface area contributed by atoms with E-state index in [0.717, 1.165) is 24.3 Å². The molecule has 3 heteroatoms. The number of hydrogen-bond acceptors (Lipinski definition) is 2. The molecule has 2 atom stereocenters. The first-order valence-electron chi connectivity index (χ1n) is 8.25. The van der Waals surface area contributed by atoms with Crippen molar-refractivity contribution in [2.24, 2.45) is 30.2 Å². The Labute approximate surface area is 123 Å². The molecule has 2 fully saturated rings.